The summed E-state index contributed by atoms with van der Waals surface area (Å²) in [6.07, 6.45) is 5.97. The van der Waals surface area contributed by atoms with Crippen LogP contribution in [0, 0.1) is 6.92 Å². The number of aromatic nitrogens is 2. The van der Waals surface area contributed by atoms with Crippen LogP contribution in [0.25, 0.3) is 4.83 Å². The van der Waals surface area contributed by atoms with Crippen LogP contribution in [0.4, 0.5) is 0 Å². The normalized spacial score (nSPS) is 20.1. The molecule has 3 heterocycles. The molecule has 0 radical (unpaired) electrons. The standard InChI is InChI=1S/C14H19N3OS/c1-3-12(18)17-7-5-4-6-11(17)13-14-16(8-9-19-14)10(2)15-13/h8-9,11H,3-7H2,1-2H3. The van der Waals surface area contributed by atoms with E-state index in [0.717, 1.165) is 30.9 Å². The number of imidazole rings is 1. The van der Waals surface area contributed by atoms with Gasteiger partial charge in [-0.3, -0.25) is 9.20 Å². The van der Waals surface area contributed by atoms with Gasteiger partial charge in [0.15, 0.2) is 0 Å². The van der Waals surface area contributed by atoms with Crippen LogP contribution in [-0.2, 0) is 4.79 Å². The molecule has 0 aliphatic carbocycles. The van der Waals surface area contributed by atoms with E-state index in [4.69, 9.17) is 4.98 Å². The maximum atomic E-state index is 12.1. The number of likely N-dealkylation sites (tertiary alicyclic amines) is 1. The van der Waals surface area contributed by atoms with E-state index < -0.39 is 0 Å². The molecule has 1 atom stereocenters. The lowest BCUT2D eigenvalue weighted by atomic mass is 9.99. The molecule has 3 rings (SSSR count). The number of carbonyl (C=O) groups excluding carboxylic acids is 1. The van der Waals surface area contributed by atoms with E-state index in [1.807, 2.05) is 18.7 Å². The van der Waals surface area contributed by atoms with Gasteiger partial charge in [-0.05, 0) is 26.2 Å². The van der Waals surface area contributed by atoms with E-state index in [9.17, 15) is 4.79 Å². The molecular weight excluding hydrogens is 258 g/mol. The molecule has 0 aromatic carbocycles. The molecule has 1 unspecified atom stereocenters. The Hall–Kier alpha value is -1.36. The molecule has 2 aromatic rings. The molecule has 0 N–H and O–H groups in total. The maximum Gasteiger partial charge on any atom is 0.222 e. The summed E-state index contributed by atoms with van der Waals surface area (Å²) < 4.78 is 2.13. The number of aryl methyl sites for hydroxylation is 1. The van der Waals surface area contributed by atoms with Gasteiger partial charge in [-0.1, -0.05) is 6.92 Å². The zero-order valence-corrected chi connectivity index (χ0v) is 12.2. The van der Waals surface area contributed by atoms with Crippen LogP contribution in [0.2, 0.25) is 0 Å². The summed E-state index contributed by atoms with van der Waals surface area (Å²) in [7, 11) is 0. The van der Waals surface area contributed by atoms with Crippen molar-refractivity contribution in [2.24, 2.45) is 0 Å². The quantitative estimate of drug-likeness (QED) is 0.845. The average Bonchev–Trinajstić information content (AvgIpc) is 3.02. The van der Waals surface area contributed by atoms with Crippen molar-refractivity contribution in [3.05, 3.63) is 23.1 Å². The van der Waals surface area contributed by atoms with Gasteiger partial charge >= 0.3 is 0 Å². The van der Waals surface area contributed by atoms with Crippen molar-refractivity contribution in [3.63, 3.8) is 0 Å². The molecule has 1 saturated heterocycles. The molecule has 1 aliphatic rings. The third-order valence-corrected chi connectivity index (χ3v) is 4.79. The molecule has 0 spiro atoms. The Balaban J connectivity index is 2.02. The predicted molar refractivity (Wildman–Crippen MR) is 76.4 cm³/mol. The fourth-order valence-corrected chi connectivity index (χ4v) is 3.85. The van der Waals surface area contributed by atoms with Gasteiger partial charge in [-0.2, -0.15) is 0 Å². The van der Waals surface area contributed by atoms with Gasteiger partial charge in [0.1, 0.15) is 10.7 Å². The van der Waals surface area contributed by atoms with E-state index in [1.165, 1.54) is 11.3 Å². The highest BCUT2D eigenvalue weighted by molar-refractivity contribution is 7.15. The minimum Gasteiger partial charge on any atom is -0.334 e. The molecule has 0 saturated carbocycles. The first-order valence-electron chi connectivity index (χ1n) is 6.94. The SMILES string of the molecule is CCC(=O)N1CCCCC1c1nc(C)n2ccsc12. The van der Waals surface area contributed by atoms with Gasteiger partial charge < -0.3 is 4.90 Å². The summed E-state index contributed by atoms with van der Waals surface area (Å²) >= 11 is 1.71. The highest BCUT2D eigenvalue weighted by atomic mass is 32.1. The summed E-state index contributed by atoms with van der Waals surface area (Å²) in [6.45, 7) is 4.84. The number of fused-ring (bicyclic) bond motifs is 1. The number of carbonyl (C=O) groups is 1. The third kappa shape index (κ3) is 2.06. The Labute approximate surface area is 117 Å². The van der Waals surface area contributed by atoms with Crippen LogP contribution in [-0.4, -0.2) is 26.7 Å². The highest BCUT2D eigenvalue weighted by Crippen LogP contribution is 2.35. The second-order valence-corrected chi connectivity index (χ2v) is 5.97. The summed E-state index contributed by atoms with van der Waals surface area (Å²) in [6, 6.07) is 0.170. The first-order chi connectivity index (χ1) is 9.22. The zero-order chi connectivity index (χ0) is 13.4. The summed E-state index contributed by atoms with van der Waals surface area (Å²) in [5.41, 5.74) is 1.09. The van der Waals surface area contributed by atoms with Gasteiger partial charge in [0.2, 0.25) is 5.91 Å². The molecule has 4 nitrogen and oxygen atoms in total. The molecule has 19 heavy (non-hydrogen) atoms. The Bertz CT molecular complexity index is 601. The van der Waals surface area contributed by atoms with Crippen molar-refractivity contribution in [2.45, 2.75) is 45.6 Å². The summed E-state index contributed by atoms with van der Waals surface area (Å²) in [4.78, 5) is 20.1. The van der Waals surface area contributed by atoms with Crippen molar-refractivity contribution < 1.29 is 4.79 Å². The van der Waals surface area contributed by atoms with Crippen LogP contribution in [0.15, 0.2) is 11.6 Å². The van der Waals surface area contributed by atoms with Crippen molar-refractivity contribution >= 4 is 22.1 Å². The smallest absolute Gasteiger partial charge is 0.222 e. The second-order valence-electron chi connectivity index (χ2n) is 5.07. The summed E-state index contributed by atoms with van der Waals surface area (Å²) in [5.74, 6) is 1.26. The molecule has 5 heteroatoms. The summed E-state index contributed by atoms with van der Waals surface area (Å²) in [5, 5.41) is 2.09. The second kappa shape index (κ2) is 4.96. The Kier molecular flexibility index (Phi) is 3.31. The van der Waals surface area contributed by atoms with Gasteiger partial charge in [0.25, 0.3) is 0 Å². The van der Waals surface area contributed by atoms with E-state index in [2.05, 4.69) is 16.0 Å². The lowest BCUT2D eigenvalue weighted by Gasteiger charge is -2.34. The predicted octanol–water partition coefficient (Wildman–Crippen LogP) is 3.17. The Morgan fingerprint density at radius 1 is 1.53 bits per heavy atom. The molecular formula is C14H19N3OS. The number of nitrogens with zero attached hydrogens (tertiary/aromatic N) is 3. The number of rotatable bonds is 2. The van der Waals surface area contributed by atoms with Crippen LogP contribution >= 0.6 is 11.3 Å². The lowest BCUT2D eigenvalue weighted by molar-refractivity contribution is -0.134. The lowest BCUT2D eigenvalue weighted by Crippen LogP contribution is -2.38. The third-order valence-electron chi connectivity index (χ3n) is 3.90. The highest BCUT2D eigenvalue weighted by Gasteiger charge is 2.30. The van der Waals surface area contributed by atoms with Crippen LogP contribution < -0.4 is 0 Å². The molecule has 1 aliphatic heterocycles. The van der Waals surface area contributed by atoms with Crippen LogP contribution in [0.3, 0.4) is 0 Å². The fraction of sp³-hybridized carbons (Fsp3) is 0.571. The minimum atomic E-state index is 0.170. The van der Waals surface area contributed by atoms with Crippen LogP contribution in [0.5, 0.6) is 0 Å². The van der Waals surface area contributed by atoms with Crippen molar-refractivity contribution in [1.82, 2.24) is 14.3 Å². The first-order valence-corrected chi connectivity index (χ1v) is 7.82. The minimum absolute atomic E-state index is 0.170. The number of thiazole rings is 1. The van der Waals surface area contributed by atoms with Crippen molar-refractivity contribution in [2.75, 3.05) is 6.54 Å². The van der Waals surface area contributed by atoms with E-state index in [-0.39, 0.29) is 11.9 Å². The molecule has 1 amide bonds. The van der Waals surface area contributed by atoms with Gasteiger partial charge in [0, 0.05) is 24.5 Å². The largest absolute Gasteiger partial charge is 0.334 e. The number of piperidine rings is 1. The van der Waals surface area contributed by atoms with Gasteiger partial charge in [-0.25, -0.2) is 4.98 Å². The molecule has 102 valence electrons. The topological polar surface area (TPSA) is 37.6 Å². The monoisotopic (exact) mass is 277 g/mol. The van der Waals surface area contributed by atoms with Gasteiger partial charge in [0.05, 0.1) is 11.7 Å². The number of hydrogen-bond donors (Lipinski definition) is 0. The van der Waals surface area contributed by atoms with Gasteiger partial charge in [-0.15, -0.1) is 11.3 Å². The van der Waals surface area contributed by atoms with E-state index >= 15 is 0 Å². The maximum absolute atomic E-state index is 12.1. The first kappa shape index (κ1) is 12.7. The van der Waals surface area contributed by atoms with Crippen molar-refractivity contribution in [1.29, 1.82) is 0 Å². The number of hydrogen-bond acceptors (Lipinski definition) is 3. The molecule has 0 bridgehead atoms. The Morgan fingerprint density at radius 3 is 3.16 bits per heavy atom. The molecule has 1 fully saturated rings. The molecule has 2 aromatic heterocycles. The Morgan fingerprint density at radius 2 is 2.37 bits per heavy atom. The van der Waals surface area contributed by atoms with Crippen LogP contribution in [0.1, 0.15) is 50.2 Å². The fourth-order valence-electron chi connectivity index (χ4n) is 2.93. The zero-order valence-electron chi connectivity index (χ0n) is 11.4. The number of amides is 1. The van der Waals surface area contributed by atoms with E-state index in [0.29, 0.717) is 6.42 Å². The van der Waals surface area contributed by atoms with Crippen molar-refractivity contribution in [3.8, 4) is 0 Å². The average molecular weight is 277 g/mol. The van der Waals surface area contributed by atoms with E-state index in [1.54, 1.807) is 11.3 Å².